The largest absolute Gasteiger partial charge is 0.331 e. The van der Waals surface area contributed by atoms with E-state index in [4.69, 9.17) is 23.8 Å². The number of hydrogen-bond acceptors (Lipinski definition) is 2. The van der Waals surface area contributed by atoms with Gasteiger partial charge in [0.15, 0.2) is 5.11 Å². The second-order valence-electron chi connectivity index (χ2n) is 4.05. The van der Waals surface area contributed by atoms with Crippen molar-refractivity contribution in [2.45, 2.75) is 0 Å². The lowest BCUT2D eigenvalue weighted by Crippen LogP contribution is -2.43. The Morgan fingerprint density at radius 3 is 2.24 bits per heavy atom. The highest BCUT2D eigenvalue weighted by Crippen LogP contribution is 2.13. The first-order valence-electron chi connectivity index (χ1n) is 5.93. The number of hydrogen-bond donors (Lipinski definition) is 3. The maximum absolute atomic E-state index is 12.7. The van der Waals surface area contributed by atoms with Gasteiger partial charge < -0.3 is 5.32 Å². The fourth-order valence-corrected chi connectivity index (χ4v) is 1.78. The van der Waals surface area contributed by atoms with E-state index in [0.717, 1.165) is 5.69 Å². The van der Waals surface area contributed by atoms with E-state index in [-0.39, 0.29) is 5.11 Å². The molecule has 0 saturated heterocycles. The summed E-state index contributed by atoms with van der Waals surface area (Å²) in [5.74, 6) is -0.824. The molecular formula is C14H11ClFN3OS. The summed E-state index contributed by atoms with van der Waals surface area (Å²) < 4.78 is 12.7. The molecule has 21 heavy (non-hydrogen) atoms. The maximum Gasteiger partial charge on any atom is 0.269 e. The topological polar surface area (TPSA) is 53.2 Å². The number of nitrogens with one attached hydrogen (secondary N) is 3. The minimum atomic E-state index is -0.421. The third-order valence-corrected chi connectivity index (χ3v) is 2.95. The molecule has 0 heterocycles. The molecule has 0 aromatic heterocycles. The van der Waals surface area contributed by atoms with Crippen molar-refractivity contribution in [3.05, 3.63) is 64.9 Å². The molecule has 0 saturated carbocycles. The predicted molar refractivity (Wildman–Crippen MR) is 84.7 cm³/mol. The van der Waals surface area contributed by atoms with E-state index >= 15 is 0 Å². The van der Waals surface area contributed by atoms with Gasteiger partial charge in [-0.15, -0.1) is 0 Å². The van der Waals surface area contributed by atoms with Gasteiger partial charge >= 0.3 is 0 Å². The number of hydrazine groups is 1. The maximum atomic E-state index is 12.7. The van der Waals surface area contributed by atoms with Crippen LogP contribution in [-0.2, 0) is 0 Å². The van der Waals surface area contributed by atoms with E-state index in [1.165, 1.54) is 24.3 Å². The van der Waals surface area contributed by atoms with Crippen molar-refractivity contribution in [3.8, 4) is 0 Å². The number of benzene rings is 2. The molecule has 4 nitrogen and oxygen atoms in total. The van der Waals surface area contributed by atoms with Crippen LogP contribution in [0.4, 0.5) is 10.1 Å². The van der Waals surface area contributed by atoms with Crippen LogP contribution in [0.5, 0.6) is 0 Å². The van der Waals surface area contributed by atoms with Gasteiger partial charge in [-0.25, -0.2) is 4.39 Å². The van der Waals surface area contributed by atoms with E-state index in [1.807, 2.05) is 0 Å². The summed E-state index contributed by atoms with van der Waals surface area (Å²) in [5.41, 5.74) is 6.01. The monoisotopic (exact) mass is 323 g/mol. The Morgan fingerprint density at radius 1 is 1.00 bits per heavy atom. The van der Waals surface area contributed by atoms with Gasteiger partial charge in [-0.1, -0.05) is 11.6 Å². The average Bonchev–Trinajstić information content (AvgIpc) is 2.48. The first-order valence-corrected chi connectivity index (χ1v) is 6.72. The van der Waals surface area contributed by atoms with Gasteiger partial charge in [0.1, 0.15) is 5.82 Å². The van der Waals surface area contributed by atoms with Crippen LogP contribution in [0.25, 0.3) is 0 Å². The van der Waals surface area contributed by atoms with Crippen LogP contribution in [0, 0.1) is 5.82 Å². The third-order valence-electron chi connectivity index (χ3n) is 2.50. The van der Waals surface area contributed by atoms with Crippen LogP contribution in [-0.4, -0.2) is 11.0 Å². The van der Waals surface area contributed by atoms with E-state index in [2.05, 4.69) is 16.2 Å². The lowest BCUT2D eigenvalue weighted by atomic mass is 10.2. The molecule has 0 radical (unpaired) electrons. The second-order valence-corrected chi connectivity index (χ2v) is 4.89. The smallest absolute Gasteiger partial charge is 0.269 e. The number of amides is 1. The van der Waals surface area contributed by atoms with Crippen molar-refractivity contribution >= 4 is 40.5 Å². The van der Waals surface area contributed by atoms with Crippen LogP contribution >= 0.6 is 23.8 Å². The first kappa shape index (κ1) is 15.2. The molecule has 0 fully saturated rings. The Labute approximate surface area is 131 Å². The summed E-state index contributed by atoms with van der Waals surface area (Å²) in [6.45, 7) is 0. The normalized spacial score (nSPS) is 9.81. The minimum absolute atomic E-state index is 0.216. The molecule has 1 amide bonds. The average molecular weight is 324 g/mol. The molecule has 0 aliphatic carbocycles. The Bertz CT molecular complexity index is 646. The van der Waals surface area contributed by atoms with Crippen LogP contribution < -0.4 is 16.2 Å². The van der Waals surface area contributed by atoms with Crippen molar-refractivity contribution in [2.24, 2.45) is 0 Å². The molecule has 108 valence electrons. The zero-order valence-corrected chi connectivity index (χ0v) is 12.3. The van der Waals surface area contributed by atoms with Gasteiger partial charge in [-0.2, -0.15) is 0 Å². The fourth-order valence-electron chi connectivity index (χ4n) is 1.48. The molecule has 0 unspecified atom stereocenters. The van der Waals surface area contributed by atoms with Gasteiger partial charge in [0.25, 0.3) is 5.91 Å². The Balaban J connectivity index is 1.84. The summed E-state index contributed by atoms with van der Waals surface area (Å²) in [7, 11) is 0. The molecule has 0 bridgehead atoms. The quantitative estimate of drug-likeness (QED) is 0.587. The van der Waals surface area contributed by atoms with Crippen molar-refractivity contribution in [1.29, 1.82) is 0 Å². The Morgan fingerprint density at radius 2 is 1.62 bits per heavy atom. The van der Waals surface area contributed by atoms with Crippen LogP contribution in [0.15, 0.2) is 48.5 Å². The summed E-state index contributed by atoms with van der Waals surface area (Å²) in [6, 6.07) is 12.1. The van der Waals surface area contributed by atoms with E-state index < -0.39 is 11.7 Å². The van der Waals surface area contributed by atoms with Gasteiger partial charge in [-0.3, -0.25) is 15.6 Å². The minimum Gasteiger partial charge on any atom is -0.331 e. The highest BCUT2D eigenvalue weighted by Gasteiger charge is 2.05. The van der Waals surface area contributed by atoms with Gasteiger partial charge in [0, 0.05) is 16.3 Å². The van der Waals surface area contributed by atoms with Crippen LogP contribution in [0.1, 0.15) is 10.4 Å². The summed E-state index contributed by atoms with van der Waals surface area (Å²) in [6.07, 6.45) is 0. The summed E-state index contributed by atoms with van der Waals surface area (Å²) in [4.78, 5) is 11.8. The lowest BCUT2D eigenvalue weighted by molar-refractivity contribution is 0.0944. The zero-order chi connectivity index (χ0) is 15.2. The number of carbonyl (C=O) groups is 1. The Hall–Kier alpha value is -2.18. The molecule has 0 spiro atoms. The Kier molecular flexibility index (Phi) is 5.08. The molecular weight excluding hydrogens is 313 g/mol. The lowest BCUT2D eigenvalue weighted by Gasteiger charge is -2.11. The van der Waals surface area contributed by atoms with Crippen molar-refractivity contribution in [3.63, 3.8) is 0 Å². The van der Waals surface area contributed by atoms with Crippen molar-refractivity contribution < 1.29 is 9.18 Å². The van der Waals surface area contributed by atoms with E-state index in [0.29, 0.717) is 10.6 Å². The molecule has 7 heteroatoms. The van der Waals surface area contributed by atoms with Crippen molar-refractivity contribution in [1.82, 2.24) is 10.9 Å². The van der Waals surface area contributed by atoms with E-state index in [9.17, 15) is 9.18 Å². The first-order chi connectivity index (χ1) is 10.0. The van der Waals surface area contributed by atoms with Crippen molar-refractivity contribution in [2.75, 3.05) is 5.32 Å². The summed E-state index contributed by atoms with van der Waals surface area (Å²) in [5, 5.41) is 3.70. The van der Waals surface area contributed by atoms with Gasteiger partial charge in [0.05, 0.1) is 0 Å². The fraction of sp³-hybridized carbons (Fsp3) is 0. The highest BCUT2D eigenvalue weighted by molar-refractivity contribution is 7.80. The number of carbonyl (C=O) groups excluding carboxylic acids is 1. The van der Waals surface area contributed by atoms with Gasteiger partial charge in [-0.05, 0) is 60.7 Å². The molecule has 0 aliphatic heterocycles. The van der Waals surface area contributed by atoms with Crippen LogP contribution in [0.3, 0.4) is 0 Å². The highest BCUT2D eigenvalue weighted by atomic mass is 35.5. The van der Waals surface area contributed by atoms with E-state index in [1.54, 1.807) is 24.3 Å². The third kappa shape index (κ3) is 4.70. The molecule has 2 aromatic carbocycles. The summed E-state index contributed by atoms with van der Waals surface area (Å²) >= 11 is 10.8. The molecule has 2 aromatic rings. The molecule has 0 atom stereocenters. The SMILES string of the molecule is O=C(NNC(=S)Nc1ccc(Cl)cc1)c1ccc(F)cc1. The number of anilines is 1. The molecule has 2 rings (SSSR count). The van der Waals surface area contributed by atoms with Crippen LogP contribution in [0.2, 0.25) is 5.02 Å². The standard InChI is InChI=1S/C14H11ClFN3OS/c15-10-3-7-12(8-4-10)17-14(21)19-18-13(20)9-1-5-11(16)6-2-9/h1-8H,(H,18,20)(H2,17,19,21). The molecule has 0 aliphatic rings. The number of rotatable bonds is 2. The molecule has 3 N–H and O–H groups in total. The number of thiocarbonyl (C=S) groups is 1. The zero-order valence-electron chi connectivity index (χ0n) is 10.7. The predicted octanol–water partition coefficient (Wildman–Crippen LogP) is 3.11. The van der Waals surface area contributed by atoms with Gasteiger partial charge in [0.2, 0.25) is 0 Å². The number of halogens is 2. The second kappa shape index (κ2) is 7.01.